The van der Waals surface area contributed by atoms with Crippen molar-refractivity contribution in [3.8, 4) is 11.6 Å². The molecule has 0 unspecified atom stereocenters. The molecule has 0 amide bonds. The lowest BCUT2D eigenvalue weighted by molar-refractivity contribution is 0.450. The Kier molecular flexibility index (Phi) is 4.87. The number of nitrogens with zero attached hydrogens (tertiary/aromatic N) is 2. The fourth-order valence-corrected chi connectivity index (χ4v) is 2.23. The molecular formula is C13H11Br2FN2O. The van der Waals surface area contributed by atoms with Crippen LogP contribution < -0.4 is 4.74 Å². The Hall–Kier alpha value is -1.01. The van der Waals surface area contributed by atoms with Crippen LogP contribution in [0.25, 0.3) is 0 Å². The molecule has 0 N–H and O–H groups in total. The van der Waals surface area contributed by atoms with Crippen LogP contribution in [-0.2, 0) is 6.42 Å². The zero-order chi connectivity index (χ0) is 13.8. The van der Waals surface area contributed by atoms with E-state index in [-0.39, 0.29) is 5.82 Å². The van der Waals surface area contributed by atoms with Gasteiger partial charge in [0.15, 0.2) is 0 Å². The quantitative estimate of drug-likeness (QED) is 0.698. The highest BCUT2D eigenvalue weighted by Crippen LogP contribution is 2.30. The lowest BCUT2D eigenvalue weighted by Crippen LogP contribution is -1.98. The Balaban J connectivity index is 2.29. The van der Waals surface area contributed by atoms with Crippen molar-refractivity contribution in [2.24, 2.45) is 0 Å². The Labute approximate surface area is 127 Å². The molecule has 19 heavy (non-hydrogen) atoms. The summed E-state index contributed by atoms with van der Waals surface area (Å²) in [6.45, 7) is 2.05. The first kappa shape index (κ1) is 14.4. The number of aryl methyl sites for hydroxylation is 1. The van der Waals surface area contributed by atoms with E-state index >= 15 is 0 Å². The molecule has 0 atom stereocenters. The third kappa shape index (κ3) is 3.98. The van der Waals surface area contributed by atoms with Crippen molar-refractivity contribution >= 4 is 31.9 Å². The number of hydrogen-bond acceptors (Lipinski definition) is 3. The predicted molar refractivity (Wildman–Crippen MR) is 77.9 cm³/mol. The molecule has 0 aliphatic heterocycles. The molecule has 0 spiro atoms. The second-order valence-electron chi connectivity index (χ2n) is 3.87. The van der Waals surface area contributed by atoms with Gasteiger partial charge >= 0.3 is 0 Å². The lowest BCUT2D eigenvalue weighted by atomic mass is 10.3. The van der Waals surface area contributed by atoms with Crippen molar-refractivity contribution in [1.82, 2.24) is 9.97 Å². The second kappa shape index (κ2) is 6.43. The number of hydrogen-bond donors (Lipinski definition) is 0. The molecule has 1 heterocycles. The summed E-state index contributed by atoms with van der Waals surface area (Å²) in [6.07, 6.45) is 1.71. The Morgan fingerprint density at radius 2 is 2.00 bits per heavy atom. The van der Waals surface area contributed by atoms with Crippen LogP contribution in [-0.4, -0.2) is 9.97 Å². The van der Waals surface area contributed by atoms with E-state index < -0.39 is 0 Å². The maximum absolute atomic E-state index is 13.2. The third-order valence-corrected chi connectivity index (χ3v) is 3.36. The highest BCUT2D eigenvalue weighted by Gasteiger charge is 2.08. The van der Waals surface area contributed by atoms with E-state index in [1.165, 1.54) is 12.1 Å². The zero-order valence-electron chi connectivity index (χ0n) is 10.2. The molecule has 1 aromatic carbocycles. The van der Waals surface area contributed by atoms with Crippen LogP contribution >= 0.6 is 31.9 Å². The second-order valence-corrected chi connectivity index (χ2v) is 5.54. The summed E-state index contributed by atoms with van der Waals surface area (Å²) >= 11 is 6.62. The van der Waals surface area contributed by atoms with Crippen LogP contribution in [0.15, 0.2) is 33.3 Å². The largest absolute Gasteiger partial charge is 0.438 e. The molecule has 1 aromatic heterocycles. The first-order valence-corrected chi connectivity index (χ1v) is 7.33. The molecule has 0 radical (unpaired) electrons. The first-order valence-electron chi connectivity index (χ1n) is 5.75. The molecular weight excluding hydrogens is 379 g/mol. The Morgan fingerprint density at radius 3 is 2.74 bits per heavy atom. The average molecular weight is 390 g/mol. The summed E-state index contributed by atoms with van der Waals surface area (Å²) in [5.41, 5.74) is 0. The van der Waals surface area contributed by atoms with Gasteiger partial charge in [-0.1, -0.05) is 6.92 Å². The predicted octanol–water partition coefficient (Wildman–Crippen LogP) is 4.89. The minimum Gasteiger partial charge on any atom is -0.438 e. The molecule has 6 heteroatoms. The van der Waals surface area contributed by atoms with Crippen molar-refractivity contribution in [3.63, 3.8) is 0 Å². The van der Waals surface area contributed by atoms with Gasteiger partial charge in [0.2, 0.25) is 5.88 Å². The lowest BCUT2D eigenvalue weighted by Gasteiger charge is -2.08. The van der Waals surface area contributed by atoms with Gasteiger partial charge in [-0.15, -0.1) is 0 Å². The number of ether oxygens (including phenoxy) is 1. The summed E-state index contributed by atoms with van der Waals surface area (Å²) in [6, 6.07) is 5.90. The van der Waals surface area contributed by atoms with Crippen molar-refractivity contribution in [3.05, 3.63) is 45.0 Å². The highest BCUT2D eigenvalue weighted by molar-refractivity contribution is 9.10. The summed E-state index contributed by atoms with van der Waals surface area (Å²) < 4.78 is 20.1. The van der Waals surface area contributed by atoms with Gasteiger partial charge in [-0.2, -0.15) is 4.98 Å². The average Bonchev–Trinajstić information content (AvgIpc) is 2.33. The highest BCUT2D eigenvalue weighted by atomic mass is 79.9. The van der Waals surface area contributed by atoms with Gasteiger partial charge in [-0.25, -0.2) is 9.37 Å². The van der Waals surface area contributed by atoms with Crippen LogP contribution in [0.1, 0.15) is 19.2 Å². The number of rotatable bonds is 4. The number of benzene rings is 1. The molecule has 0 saturated carbocycles. The van der Waals surface area contributed by atoms with Gasteiger partial charge in [-0.05, 0) is 50.4 Å². The van der Waals surface area contributed by atoms with Crippen LogP contribution in [0.3, 0.4) is 0 Å². The van der Waals surface area contributed by atoms with Crippen LogP contribution in [0.5, 0.6) is 11.6 Å². The number of halogens is 3. The maximum atomic E-state index is 13.2. The molecule has 0 aliphatic rings. The molecule has 0 saturated heterocycles. The first-order chi connectivity index (χ1) is 9.08. The number of aromatic nitrogens is 2. The maximum Gasteiger partial charge on any atom is 0.223 e. The van der Waals surface area contributed by atoms with Gasteiger partial charge in [0.05, 0.1) is 4.47 Å². The van der Waals surface area contributed by atoms with Crippen molar-refractivity contribution in [2.45, 2.75) is 19.8 Å². The SMILES string of the molecule is CCCc1nc(Br)cc(Oc2cc(F)ccc2Br)n1. The molecule has 2 aromatic rings. The Morgan fingerprint density at radius 1 is 1.21 bits per heavy atom. The van der Waals surface area contributed by atoms with Crippen LogP contribution in [0, 0.1) is 5.82 Å². The fourth-order valence-electron chi connectivity index (χ4n) is 1.50. The molecule has 2 rings (SSSR count). The molecule has 3 nitrogen and oxygen atoms in total. The van der Waals surface area contributed by atoms with Gasteiger partial charge < -0.3 is 4.74 Å². The smallest absolute Gasteiger partial charge is 0.223 e. The molecule has 0 fully saturated rings. The van der Waals surface area contributed by atoms with Crippen molar-refractivity contribution < 1.29 is 9.13 Å². The summed E-state index contributed by atoms with van der Waals surface area (Å²) in [7, 11) is 0. The van der Waals surface area contributed by atoms with E-state index in [2.05, 4.69) is 41.8 Å². The minimum atomic E-state index is -0.361. The van der Waals surface area contributed by atoms with Gasteiger partial charge in [0.25, 0.3) is 0 Å². The Bertz CT molecular complexity index is 593. The van der Waals surface area contributed by atoms with E-state index in [9.17, 15) is 4.39 Å². The summed E-state index contributed by atoms with van der Waals surface area (Å²) in [4.78, 5) is 8.53. The molecule has 0 aliphatic carbocycles. The van der Waals surface area contributed by atoms with E-state index in [0.717, 1.165) is 12.8 Å². The molecule has 0 bridgehead atoms. The van der Waals surface area contributed by atoms with E-state index in [4.69, 9.17) is 4.74 Å². The standard InChI is InChI=1S/C13H11Br2FN2O/c1-2-3-12-17-11(15)7-13(18-12)19-10-6-8(16)4-5-9(10)14/h4-7H,2-3H2,1H3. The normalized spacial score (nSPS) is 10.5. The monoisotopic (exact) mass is 388 g/mol. The van der Waals surface area contributed by atoms with E-state index in [1.807, 2.05) is 6.92 Å². The fraction of sp³-hybridized carbons (Fsp3) is 0.231. The van der Waals surface area contributed by atoms with Gasteiger partial charge in [0, 0.05) is 18.6 Å². The van der Waals surface area contributed by atoms with E-state index in [0.29, 0.717) is 26.5 Å². The van der Waals surface area contributed by atoms with Gasteiger partial charge in [0.1, 0.15) is 22.0 Å². The van der Waals surface area contributed by atoms with Crippen LogP contribution in [0.2, 0.25) is 0 Å². The summed E-state index contributed by atoms with van der Waals surface area (Å²) in [5.74, 6) is 1.10. The van der Waals surface area contributed by atoms with Crippen molar-refractivity contribution in [1.29, 1.82) is 0 Å². The summed E-state index contributed by atoms with van der Waals surface area (Å²) in [5, 5.41) is 0. The van der Waals surface area contributed by atoms with E-state index in [1.54, 1.807) is 12.1 Å². The van der Waals surface area contributed by atoms with Crippen molar-refractivity contribution in [2.75, 3.05) is 0 Å². The zero-order valence-corrected chi connectivity index (χ0v) is 13.3. The minimum absolute atomic E-state index is 0.361. The van der Waals surface area contributed by atoms with Crippen LogP contribution in [0.4, 0.5) is 4.39 Å². The van der Waals surface area contributed by atoms with Gasteiger partial charge in [-0.3, -0.25) is 0 Å². The topological polar surface area (TPSA) is 35.0 Å². The third-order valence-electron chi connectivity index (χ3n) is 2.30. The molecule has 100 valence electrons.